The molecule has 0 aromatic heterocycles. The van der Waals surface area contributed by atoms with Crippen molar-refractivity contribution in [1.29, 1.82) is 0 Å². The Bertz CT molecular complexity index is 505. The highest BCUT2D eigenvalue weighted by Crippen LogP contribution is 2.52. The van der Waals surface area contributed by atoms with E-state index in [0.717, 1.165) is 22.9 Å². The second-order valence-corrected chi connectivity index (χ2v) is 5.01. The summed E-state index contributed by atoms with van der Waals surface area (Å²) in [5, 5.41) is 0. The first-order chi connectivity index (χ1) is 8.66. The molecule has 96 valence electrons. The van der Waals surface area contributed by atoms with Gasteiger partial charge >= 0.3 is 0 Å². The molecule has 0 unspecified atom stereocenters. The Morgan fingerprint density at radius 3 is 2.72 bits per heavy atom. The number of hydrogen-bond donors (Lipinski definition) is 0. The van der Waals surface area contributed by atoms with Crippen LogP contribution in [0, 0.1) is 0 Å². The molecule has 0 atom stereocenters. The number of halogens is 1. The molecule has 1 saturated carbocycles. The predicted molar refractivity (Wildman–Crippen MR) is 70.9 cm³/mol. The van der Waals surface area contributed by atoms with Crippen LogP contribution in [-0.4, -0.2) is 19.8 Å². The molecule has 0 N–H and O–H groups in total. The van der Waals surface area contributed by atoms with Crippen LogP contribution in [0.1, 0.15) is 25.3 Å². The summed E-state index contributed by atoms with van der Waals surface area (Å²) in [7, 11) is 1.60. The second-order valence-electron chi connectivity index (χ2n) is 4.16. The summed E-state index contributed by atoms with van der Waals surface area (Å²) in [4.78, 5) is 14.4. The van der Waals surface area contributed by atoms with Crippen molar-refractivity contribution in [2.45, 2.75) is 25.3 Å². The number of methoxy groups -OCH3 is 1. The second kappa shape index (κ2) is 5.12. The van der Waals surface area contributed by atoms with E-state index >= 15 is 0 Å². The Morgan fingerprint density at radius 1 is 1.50 bits per heavy atom. The van der Waals surface area contributed by atoms with Crippen LogP contribution in [-0.2, 0) is 10.3 Å². The van der Waals surface area contributed by atoms with E-state index in [9.17, 15) is 4.79 Å². The Morgan fingerprint density at radius 2 is 2.22 bits per heavy atom. The highest BCUT2D eigenvalue weighted by molar-refractivity contribution is 9.10. The average molecular weight is 312 g/mol. The molecule has 1 aromatic carbocycles. The van der Waals surface area contributed by atoms with Crippen LogP contribution >= 0.6 is 15.9 Å². The summed E-state index contributed by atoms with van der Waals surface area (Å²) in [6, 6.07) is 3.82. The van der Waals surface area contributed by atoms with E-state index < -0.39 is 5.54 Å². The molecule has 0 amide bonds. The number of rotatable bonds is 5. The van der Waals surface area contributed by atoms with Crippen LogP contribution in [0.4, 0.5) is 0 Å². The molecule has 4 nitrogen and oxygen atoms in total. The van der Waals surface area contributed by atoms with Gasteiger partial charge in [0, 0.05) is 0 Å². The lowest BCUT2D eigenvalue weighted by atomic mass is 10.0. The molecule has 0 bridgehead atoms. The maximum absolute atomic E-state index is 10.5. The van der Waals surface area contributed by atoms with Gasteiger partial charge in [0.25, 0.3) is 0 Å². The highest BCUT2D eigenvalue weighted by Gasteiger charge is 2.45. The van der Waals surface area contributed by atoms with Gasteiger partial charge in [-0.2, -0.15) is 4.99 Å². The fourth-order valence-corrected chi connectivity index (χ4v) is 2.57. The van der Waals surface area contributed by atoms with Crippen LogP contribution in [0.3, 0.4) is 0 Å². The Hall–Kier alpha value is -1.32. The Balaban J connectivity index is 2.47. The summed E-state index contributed by atoms with van der Waals surface area (Å²) >= 11 is 3.45. The first-order valence-corrected chi connectivity index (χ1v) is 6.56. The Labute approximate surface area is 114 Å². The normalized spacial score (nSPS) is 15.7. The van der Waals surface area contributed by atoms with Gasteiger partial charge in [-0.1, -0.05) is 0 Å². The summed E-state index contributed by atoms with van der Waals surface area (Å²) in [5.41, 5.74) is 0.560. The van der Waals surface area contributed by atoms with Gasteiger partial charge in [0.15, 0.2) is 11.5 Å². The number of carbonyl (C=O) groups excluding carboxylic acids is 1. The zero-order chi connectivity index (χ0) is 13.2. The number of nitrogens with zero attached hydrogens (tertiary/aromatic N) is 1. The van der Waals surface area contributed by atoms with Gasteiger partial charge in [-0.25, -0.2) is 4.79 Å². The minimum absolute atomic E-state index is 0.400. The maximum Gasteiger partial charge on any atom is 0.235 e. The summed E-state index contributed by atoms with van der Waals surface area (Å²) in [6.07, 6.45) is 3.39. The first kappa shape index (κ1) is 13.1. The van der Waals surface area contributed by atoms with Crippen molar-refractivity contribution in [2.75, 3.05) is 13.7 Å². The molecule has 0 saturated heterocycles. The van der Waals surface area contributed by atoms with Gasteiger partial charge in [-0.3, -0.25) is 0 Å². The first-order valence-electron chi connectivity index (χ1n) is 5.76. The van der Waals surface area contributed by atoms with Crippen LogP contribution in [0.15, 0.2) is 21.6 Å². The van der Waals surface area contributed by atoms with Gasteiger partial charge in [-0.15, -0.1) is 0 Å². The van der Waals surface area contributed by atoms with Crippen molar-refractivity contribution >= 4 is 22.0 Å². The van der Waals surface area contributed by atoms with Gasteiger partial charge < -0.3 is 9.47 Å². The fourth-order valence-electron chi connectivity index (χ4n) is 1.97. The number of aliphatic imine (C=N–C) groups is 1. The lowest BCUT2D eigenvalue weighted by Gasteiger charge is -2.15. The molecule has 0 heterocycles. The van der Waals surface area contributed by atoms with E-state index in [1.165, 1.54) is 0 Å². The zero-order valence-electron chi connectivity index (χ0n) is 10.3. The van der Waals surface area contributed by atoms with E-state index in [4.69, 9.17) is 9.47 Å². The van der Waals surface area contributed by atoms with Crippen molar-refractivity contribution in [3.8, 4) is 11.5 Å². The van der Waals surface area contributed by atoms with Crippen molar-refractivity contribution < 1.29 is 14.3 Å². The lowest BCUT2D eigenvalue weighted by Crippen LogP contribution is -2.05. The number of isocyanates is 1. The number of benzene rings is 1. The molecular formula is C13H14BrNO3. The van der Waals surface area contributed by atoms with Crippen LogP contribution in [0.5, 0.6) is 11.5 Å². The van der Waals surface area contributed by atoms with Gasteiger partial charge in [0.1, 0.15) is 0 Å². The molecule has 0 radical (unpaired) electrons. The van der Waals surface area contributed by atoms with Crippen molar-refractivity contribution in [1.82, 2.24) is 0 Å². The molecule has 1 aromatic rings. The van der Waals surface area contributed by atoms with Crippen LogP contribution in [0.2, 0.25) is 0 Å². The van der Waals surface area contributed by atoms with E-state index in [1.807, 2.05) is 19.1 Å². The monoisotopic (exact) mass is 311 g/mol. The fraction of sp³-hybridized carbons (Fsp3) is 0.462. The topological polar surface area (TPSA) is 47.9 Å². The Kier molecular flexibility index (Phi) is 3.73. The number of hydrogen-bond acceptors (Lipinski definition) is 4. The molecule has 0 spiro atoms. The van der Waals surface area contributed by atoms with Crippen molar-refractivity contribution in [3.63, 3.8) is 0 Å². The standard InChI is InChI=1S/C13H14BrNO3/c1-3-18-11-7-9(6-10(14)12(11)17-2)13(4-5-13)15-8-16/h6-7H,3-5H2,1-2H3. The third kappa shape index (κ3) is 2.28. The maximum atomic E-state index is 10.5. The van der Waals surface area contributed by atoms with Crippen LogP contribution in [0.25, 0.3) is 0 Å². The number of ether oxygens (including phenoxy) is 2. The van der Waals surface area contributed by atoms with Crippen LogP contribution < -0.4 is 9.47 Å². The molecule has 18 heavy (non-hydrogen) atoms. The minimum Gasteiger partial charge on any atom is -0.492 e. The third-order valence-electron chi connectivity index (χ3n) is 3.03. The van der Waals surface area contributed by atoms with E-state index in [2.05, 4.69) is 20.9 Å². The molecule has 1 aliphatic rings. The third-order valence-corrected chi connectivity index (χ3v) is 3.62. The lowest BCUT2D eigenvalue weighted by molar-refractivity contribution is 0.309. The highest BCUT2D eigenvalue weighted by atomic mass is 79.9. The average Bonchev–Trinajstić information content (AvgIpc) is 3.11. The van der Waals surface area contributed by atoms with Crippen molar-refractivity contribution in [2.24, 2.45) is 4.99 Å². The summed E-state index contributed by atoms with van der Waals surface area (Å²) in [6.45, 7) is 2.46. The van der Waals surface area contributed by atoms with E-state index in [1.54, 1.807) is 13.2 Å². The molecule has 5 heteroatoms. The summed E-state index contributed by atoms with van der Waals surface area (Å²) < 4.78 is 11.7. The van der Waals surface area contributed by atoms with Gasteiger partial charge in [0.2, 0.25) is 6.08 Å². The molecule has 0 aliphatic heterocycles. The van der Waals surface area contributed by atoms with Gasteiger partial charge in [0.05, 0.1) is 23.7 Å². The largest absolute Gasteiger partial charge is 0.492 e. The SMILES string of the molecule is CCOc1cc(C2(N=C=O)CC2)cc(Br)c1OC. The zero-order valence-corrected chi connectivity index (χ0v) is 11.9. The van der Waals surface area contributed by atoms with Crippen molar-refractivity contribution in [3.05, 3.63) is 22.2 Å². The molecular weight excluding hydrogens is 298 g/mol. The van der Waals surface area contributed by atoms with Gasteiger partial charge in [-0.05, 0) is 53.4 Å². The summed E-state index contributed by atoms with van der Waals surface area (Å²) in [5.74, 6) is 1.32. The quantitative estimate of drug-likeness (QED) is 0.620. The van der Waals surface area contributed by atoms with E-state index in [-0.39, 0.29) is 0 Å². The smallest absolute Gasteiger partial charge is 0.235 e. The molecule has 1 aliphatic carbocycles. The molecule has 1 fully saturated rings. The predicted octanol–water partition coefficient (Wildman–Crippen LogP) is 3.18. The minimum atomic E-state index is -0.400. The molecule has 2 rings (SSSR count). The van der Waals surface area contributed by atoms with E-state index in [0.29, 0.717) is 18.1 Å².